The van der Waals surface area contributed by atoms with E-state index in [1.54, 1.807) is 6.07 Å². The van der Waals surface area contributed by atoms with E-state index in [0.717, 1.165) is 48.9 Å². The van der Waals surface area contributed by atoms with Crippen molar-refractivity contribution in [2.45, 2.75) is 86.1 Å². The van der Waals surface area contributed by atoms with Crippen LogP contribution in [0.5, 0.6) is 0 Å². The maximum absolute atomic E-state index is 14.5. The van der Waals surface area contributed by atoms with Crippen molar-refractivity contribution in [3.05, 3.63) is 34.2 Å². The maximum Gasteiger partial charge on any atom is 0.132 e. The van der Waals surface area contributed by atoms with Crippen LogP contribution >= 0.6 is 11.6 Å². The quantitative estimate of drug-likeness (QED) is 0.519. The number of aromatic nitrogens is 1. The minimum atomic E-state index is -0.152. The van der Waals surface area contributed by atoms with Gasteiger partial charge in [0, 0.05) is 30.1 Å². The number of hydrogen-bond acceptors (Lipinski definition) is 1. The fourth-order valence-corrected chi connectivity index (χ4v) is 4.24. The molecule has 0 saturated carbocycles. The number of aryl methyl sites for hydroxylation is 2. The van der Waals surface area contributed by atoms with Crippen LogP contribution in [0.3, 0.4) is 0 Å². The fraction of sp³-hybridized carbons (Fsp3) is 0.652. The van der Waals surface area contributed by atoms with E-state index in [9.17, 15) is 4.39 Å². The monoisotopic (exact) mass is 396 g/mol. The lowest BCUT2D eigenvalue weighted by atomic mass is 9.93. The Morgan fingerprint density at radius 3 is 2.48 bits per heavy atom. The van der Waals surface area contributed by atoms with E-state index in [0.29, 0.717) is 10.9 Å². The van der Waals surface area contributed by atoms with Gasteiger partial charge in [-0.1, -0.05) is 59.1 Å². The SMILES string of the molecule is CC.CC.CCCCCn1c(C2CCCNC2)c(C)c2c(F)ccc(Cl)c21. The van der Waals surface area contributed by atoms with Crippen LogP contribution in [-0.2, 0) is 6.54 Å². The van der Waals surface area contributed by atoms with Crippen LogP contribution in [0.15, 0.2) is 12.1 Å². The molecule has 1 N–H and O–H groups in total. The predicted molar refractivity (Wildman–Crippen MR) is 119 cm³/mol. The van der Waals surface area contributed by atoms with Gasteiger partial charge in [0.15, 0.2) is 0 Å². The van der Waals surface area contributed by atoms with Gasteiger partial charge in [-0.15, -0.1) is 0 Å². The van der Waals surface area contributed by atoms with Crippen molar-refractivity contribution in [2.75, 3.05) is 13.1 Å². The van der Waals surface area contributed by atoms with Gasteiger partial charge in [0.25, 0.3) is 0 Å². The average molecular weight is 397 g/mol. The van der Waals surface area contributed by atoms with Crippen LogP contribution in [0.2, 0.25) is 5.02 Å². The summed E-state index contributed by atoms with van der Waals surface area (Å²) in [5.74, 6) is 0.300. The summed E-state index contributed by atoms with van der Waals surface area (Å²) in [6.45, 7) is 15.2. The molecule has 1 unspecified atom stereocenters. The molecule has 4 heteroatoms. The first-order chi connectivity index (χ1) is 13.1. The summed E-state index contributed by atoms with van der Waals surface area (Å²) in [4.78, 5) is 0. The van der Waals surface area contributed by atoms with Crippen LogP contribution in [-0.4, -0.2) is 17.7 Å². The highest BCUT2D eigenvalue weighted by molar-refractivity contribution is 6.35. The Hall–Kier alpha value is -1.06. The van der Waals surface area contributed by atoms with Crippen LogP contribution in [0.25, 0.3) is 10.9 Å². The smallest absolute Gasteiger partial charge is 0.132 e. The van der Waals surface area contributed by atoms with E-state index in [2.05, 4.69) is 23.7 Å². The standard InChI is InChI=1S/C19H26ClFN2.2C2H6/c1-3-4-5-11-23-18(14-7-6-10-22-12-14)13(2)17-16(21)9-8-15(20)19(17)23;2*1-2/h8-9,14,22H,3-7,10-12H2,1-2H3;2*1-2H3. The second-order valence-corrected chi connectivity index (χ2v) is 7.07. The van der Waals surface area contributed by atoms with Gasteiger partial charge in [0.2, 0.25) is 0 Å². The number of unbranched alkanes of at least 4 members (excludes halogenated alkanes) is 2. The molecule has 1 atom stereocenters. The number of piperidine rings is 1. The molecule has 2 heterocycles. The van der Waals surface area contributed by atoms with Crippen molar-refractivity contribution in [1.29, 1.82) is 0 Å². The van der Waals surface area contributed by atoms with Crippen molar-refractivity contribution in [2.24, 2.45) is 0 Å². The van der Waals surface area contributed by atoms with Crippen molar-refractivity contribution < 1.29 is 4.39 Å². The molecule has 0 aliphatic carbocycles. The van der Waals surface area contributed by atoms with Crippen LogP contribution in [0.1, 0.15) is 83.9 Å². The first-order valence-electron chi connectivity index (χ1n) is 10.8. The number of nitrogens with zero attached hydrogens (tertiary/aromatic N) is 1. The third-order valence-corrected chi connectivity index (χ3v) is 5.37. The third kappa shape index (κ3) is 5.48. The predicted octanol–water partition coefficient (Wildman–Crippen LogP) is 7.45. The molecule has 0 spiro atoms. The molecule has 3 rings (SSSR count). The number of nitrogens with one attached hydrogen (secondary N) is 1. The number of rotatable bonds is 5. The van der Waals surface area contributed by atoms with E-state index < -0.39 is 0 Å². The van der Waals surface area contributed by atoms with Crippen molar-refractivity contribution in [3.8, 4) is 0 Å². The van der Waals surface area contributed by atoms with Gasteiger partial charge in [0.1, 0.15) is 5.82 Å². The molecule has 154 valence electrons. The van der Waals surface area contributed by atoms with Crippen molar-refractivity contribution in [3.63, 3.8) is 0 Å². The maximum atomic E-state index is 14.5. The molecule has 0 bridgehead atoms. The molecular weight excluding hydrogens is 359 g/mol. The van der Waals surface area contributed by atoms with Gasteiger partial charge in [-0.05, 0) is 50.4 Å². The average Bonchev–Trinajstić information content (AvgIpc) is 3.02. The summed E-state index contributed by atoms with van der Waals surface area (Å²) in [6, 6.07) is 3.19. The molecule has 0 radical (unpaired) electrons. The Kier molecular flexibility index (Phi) is 11.0. The molecule has 2 aromatic rings. The van der Waals surface area contributed by atoms with E-state index >= 15 is 0 Å². The highest BCUT2D eigenvalue weighted by Crippen LogP contribution is 2.38. The van der Waals surface area contributed by atoms with Gasteiger partial charge in [-0.2, -0.15) is 0 Å². The number of benzene rings is 1. The van der Waals surface area contributed by atoms with E-state index in [1.165, 1.54) is 31.0 Å². The Balaban J connectivity index is 0.000000855. The van der Waals surface area contributed by atoms with Gasteiger partial charge >= 0.3 is 0 Å². The number of hydrogen-bond donors (Lipinski definition) is 1. The summed E-state index contributed by atoms with van der Waals surface area (Å²) in [5, 5.41) is 4.87. The van der Waals surface area contributed by atoms with E-state index in [1.807, 2.05) is 27.7 Å². The zero-order valence-electron chi connectivity index (χ0n) is 18.1. The molecule has 1 fully saturated rings. The van der Waals surface area contributed by atoms with E-state index in [4.69, 9.17) is 11.6 Å². The summed E-state index contributed by atoms with van der Waals surface area (Å²) < 4.78 is 16.8. The number of halogens is 2. The molecule has 2 nitrogen and oxygen atoms in total. The summed E-state index contributed by atoms with van der Waals surface area (Å²) in [6.07, 6.45) is 5.82. The van der Waals surface area contributed by atoms with Crippen molar-refractivity contribution >= 4 is 22.5 Å². The molecule has 1 aromatic heterocycles. The zero-order chi connectivity index (χ0) is 20.4. The molecule has 1 aromatic carbocycles. The largest absolute Gasteiger partial charge is 0.343 e. The topological polar surface area (TPSA) is 17.0 Å². The summed E-state index contributed by atoms with van der Waals surface area (Å²) in [7, 11) is 0. The first kappa shape index (κ1) is 24.0. The molecule has 1 aliphatic rings. The Labute approximate surface area is 170 Å². The molecule has 0 amide bonds. The van der Waals surface area contributed by atoms with Crippen LogP contribution in [0, 0.1) is 12.7 Å². The Bertz CT molecular complexity index is 687. The molecule has 1 saturated heterocycles. The minimum Gasteiger partial charge on any atom is -0.343 e. The third-order valence-electron chi connectivity index (χ3n) is 5.07. The molecule has 27 heavy (non-hydrogen) atoms. The summed E-state index contributed by atoms with van der Waals surface area (Å²) >= 11 is 6.47. The summed E-state index contributed by atoms with van der Waals surface area (Å²) in [5.41, 5.74) is 3.25. The first-order valence-corrected chi connectivity index (χ1v) is 11.2. The Morgan fingerprint density at radius 1 is 1.19 bits per heavy atom. The Morgan fingerprint density at radius 2 is 1.89 bits per heavy atom. The lowest BCUT2D eigenvalue weighted by Gasteiger charge is -2.25. The van der Waals surface area contributed by atoms with Crippen LogP contribution in [0.4, 0.5) is 4.39 Å². The fourth-order valence-electron chi connectivity index (χ4n) is 3.98. The molecular formula is C23H38ClFN2. The minimum absolute atomic E-state index is 0.152. The lowest BCUT2D eigenvalue weighted by Crippen LogP contribution is -2.30. The van der Waals surface area contributed by atoms with Crippen molar-refractivity contribution in [1.82, 2.24) is 9.88 Å². The molecule has 1 aliphatic heterocycles. The second kappa shape index (κ2) is 12.4. The van der Waals surface area contributed by atoms with Gasteiger partial charge < -0.3 is 9.88 Å². The van der Waals surface area contributed by atoms with Crippen LogP contribution < -0.4 is 5.32 Å². The van der Waals surface area contributed by atoms with E-state index in [-0.39, 0.29) is 5.82 Å². The lowest BCUT2D eigenvalue weighted by molar-refractivity contribution is 0.437. The number of fused-ring (bicyclic) bond motifs is 1. The van der Waals surface area contributed by atoms with Gasteiger partial charge in [0.05, 0.1) is 10.5 Å². The second-order valence-electron chi connectivity index (χ2n) is 6.67. The normalized spacial score (nSPS) is 16.4. The zero-order valence-corrected chi connectivity index (χ0v) is 18.8. The van der Waals surface area contributed by atoms with Gasteiger partial charge in [-0.3, -0.25) is 0 Å². The highest BCUT2D eigenvalue weighted by atomic mass is 35.5. The highest BCUT2D eigenvalue weighted by Gasteiger charge is 2.26. The van der Waals surface area contributed by atoms with Gasteiger partial charge in [-0.25, -0.2) is 4.39 Å².